The Kier molecular flexibility index (Phi) is 6.62. The van der Waals surface area contributed by atoms with Crippen LogP contribution in [-0.2, 0) is 20.8 Å². The number of rotatable bonds is 5. The second-order valence-corrected chi connectivity index (χ2v) is 10.6. The first-order valence-corrected chi connectivity index (χ1v) is 12.4. The lowest BCUT2D eigenvalue weighted by molar-refractivity contribution is -0.139. The van der Waals surface area contributed by atoms with E-state index in [4.69, 9.17) is 14.2 Å². The molecule has 0 aliphatic carbocycles. The van der Waals surface area contributed by atoms with Crippen LogP contribution in [0.5, 0.6) is 0 Å². The number of carbonyl (C=O) groups is 1. The molecular weight excluding hydrogens is 489 g/mol. The van der Waals surface area contributed by atoms with E-state index in [-0.39, 0.29) is 12.6 Å². The van der Waals surface area contributed by atoms with Crippen LogP contribution in [0.4, 0.5) is 9.18 Å². The standard InChI is InChI=1S/C28H30FN5O4/c1-27(2,3)38-26(35)32-13-17-7-6-16(12-20(17)29)19-10-11-30-25-23(19)33-24(34-25)21-9-8-18(14-31-21)22-15-36-28(4,5)37-22/h6-12,14,22H,13,15H2,1-5H3,(H,32,35)(H,30,33,34). The molecule has 198 valence electrons. The molecule has 0 radical (unpaired) electrons. The largest absolute Gasteiger partial charge is 0.444 e. The summed E-state index contributed by atoms with van der Waals surface area (Å²) in [6.07, 6.45) is 2.61. The Morgan fingerprint density at radius 1 is 1.21 bits per heavy atom. The molecule has 1 fully saturated rings. The van der Waals surface area contributed by atoms with Crippen LogP contribution in [-0.4, -0.2) is 44.0 Å². The van der Waals surface area contributed by atoms with Crippen molar-refractivity contribution in [1.29, 1.82) is 0 Å². The zero-order valence-corrected chi connectivity index (χ0v) is 22.0. The van der Waals surface area contributed by atoms with Gasteiger partial charge in [0.25, 0.3) is 0 Å². The van der Waals surface area contributed by atoms with E-state index in [0.29, 0.717) is 40.4 Å². The molecule has 1 amide bonds. The van der Waals surface area contributed by atoms with Crippen LogP contribution in [0.15, 0.2) is 48.8 Å². The molecule has 1 aliphatic rings. The fourth-order valence-electron chi connectivity index (χ4n) is 4.20. The van der Waals surface area contributed by atoms with Crippen molar-refractivity contribution in [3.63, 3.8) is 0 Å². The number of pyridine rings is 2. The fourth-order valence-corrected chi connectivity index (χ4v) is 4.20. The van der Waals surface area contributed by atoms with E-state index < -0.39 is 23.3 Å². The van der Waals surface area contributed by atoms with Gasteiger partial charge in [-0.15, -0.1) is 0 Å². The maximum Gasteiger partial charge on any atom is 0.407 e. The summed E-state index contributed by atoms with van der Waals surface area (Å²) < 4.78 is 31.7. The number of alkyl carbamates (subject to hydrolysis) is 1. The maximum absolute atomic E-state index is 14.9. The van der Waals surface area contributed by atoms with Gasteiger partial charge in [-0.25, -0.2) is 19.2 Å². The minimum atomic E-state index is -0.629. The van der Waals surface area contributed by atoms with Crippen LogP contribution < -0.4 is 5.32 Å². The molecule has 1 aliphatic heterocycles. The monoisotopic (exact) mass is 519 g/mol. The van der Waals surface area contributed by atoms with E-state index in [1.54, 1.807) is 51.4 Å². The molecule has 0 bridgehead atoms. The Morgan fingerprint density at radius 2 is 2.03 bits per heavy atom. The van der Waals surface area contributed by atoms with Gasteiger partial charge in [-0.1, -0.05) is 18.2 Å². The first-order chi connectivity index (χ1) is 18.0. The third-order valence-electron chi connectivity index (χ3n) is 5.99. The first-order valence-electron chi connectivity index (χ1n) is 12.4. The van der Waals surface area contributed by atoms with E-state index in [2.05, 4.69) is 25.3 Å². The number of H-pyrrole nitrogens is 1. The lowest BCUT2D eigenvalue weighted by Crippen LogP contribution is -2.32. The quantitative estimate of drug-likeness (QED) is 0.349. The number of fused-ring (bicyclic) bond motifs is 1. The Labute approximate surface area is 219 Å². The highest BCUT2D eigenvalue weighted by atomic mass is 19.1. The van der Waals surface area contributed by atoms with Crippen molar-refractivity contribution < 1.29 is 23.4 Å². The molecular formula is C28H30FN5O4. The molecule has 1 atom stereocenters. The summed E-state index contributed by atoms with van der Waals surface area (Å²) in [5.74, 6) is -0.507. The van der Waals surface area contributed by atoms with Crippen molar-refractivity contribution >= 4 is 17.3 Å². The number of amides is 1. The van der Waals surface area contributed by atoms with Crippen molar-refractivity contribution in [3.8, 4) is 22.6 Å². The normalized spacial score (nSPS) is 17.1. The van der Waals surface area contributed by atoms with E-state index in [1.165, 1.54) is 6.07 Å². The van der Waals surface area contributed by atoms with E-state index in [0.717, 1.165) is 11.1 Å². The van der Waals surface area contributed by atoms with Crippen LogP contribution in [0, 0.1) is 5.82 Å². The van der Waals surface area contributed by atoms with Gasteiger partial charge in [-0.3, -0.25) is 4.98 Å². The summed E-state index contributed by atoms with van der Waals surface area (Å²) in [6, 6.07) is 10.5. The topological polar surface area (TPSA) is 111 Å². The Morgan fingerprint density at radius 3 is 2.68 bits per heavy atom. The Hall–Kier alpha value is -3.89. The van der Waals surface area contributed by atoms with Gasteiger partial charge >= 0.3 is 6.09 Å². The van der Waals surface area contributed by atoms with Gasteiger partial charge in [-0.2, -0.15) is 0 Å². The number of ether oxygens (including phenoxy) is 3. The van der Waals surface area contributed by atoms with Crippen LogP contribution in [0.25, 0.3) is 33.8 Å². The molecule has 1 unspecified atom stereocenters. The highest BCUT2D eigenvalue weighted by molar-refractivity contribution is 5.91. The van der Waals surface area contributed by atoms with Crippen LogP contribution in [0.2, 0.25) is 0 Å². The Balaban J connectivity index is 1.35. The minimum absolute atomic E-state index is 0.0121. The second kappa shape index (κ2) is 9.77. The number of aromatic amines is 1. The molecule has 5 rings (SSSR count). The number of nitrogens with one attached hydrogen (secondary N) is 2. The highest BCUT2D eigenvalue weighted by Crippen LogP contribution is 2.33. The number of hydrogen-bond donors (Lipinski definition) is 2. The lowest BCUT2D eigenvalue weighted by atomic mass is 10.0. The molecule has 0 spiro atoms. The van der Waals surface area contributed by atoms with Gasteiger partial charge in [0.15, 0.2) is 17.3 Å². The van der Waals surface area contributed by atoms with Crippen molar-refractivity contribution in [3.05, 3.63) is 65.7 Å². The van der Waals surface area contributed by atoms with Crippen molar-refractivity contribution in [2.24, 2.45) is 0 Å². The van der Waals surface area contributed by atoms with Crippen molar-refractivity contribution in [1.82, 2.24) is 25.3 Å². The molecule has 4 aromatic rings. The number of imidazole rings is 1. The molecule has 0 saturated carbocycles. The average molecular weight is 520 g/mol. The second-order valence-electron chi connectivity index (χ2n) is 10.6. The molecule has 2 N–H and O–H groups in total. The zero-order valence-electron chi connectivity index (χ0n) is 22.0. The summed E-state index contributed by atoms with van der Waals surface area (Å²) >= 11 is 0. The fraction of sp³-hybridized carbons (Fsp3) is 0.357. The third-order valence-corrected chi connectivity index (χ3v) is 5.99. The van der Waals surface area contributed by atoms with Crippen LogP contribution in [0.1, 0.15) is 51.8 Å². The molecule has 10 heteroatoms. The smallest absolute Gasteiger partial charge is 0.407 e. The predicted octanol–water partition coefficient (Wildman–Crippen LogP) is 5.67. The predicted molar refractivity (Wildman–Crippen MR) is 139 cm³/mol. The summed E-state index contributed by atoms with van der Waals surface area (Å²) in [5, 5.41) is 2.58. The molecule has 1 saturated heterocycles. The first kappa shape index (κ1) is 25.7. The van der Waals surface area contributed by atoms with Crippen molar-refractivity contribution in [2.75, 3.05) is 6.61 Å². The molecule has 4 heterocycles. The van der Waals surface area contributed by atoms with Gasteiger partial charge in [-0.05, 0) is 58.4 Å². The lowest BCUT2D eigenvalue weighted by Gasteiger charge is -2.19. The number of aromatic nitrogens is 4. The number of halogens is 1. The summed E-state index contributed by atoms with van der Waals surface area (Å²) in [7, 11) is 0. The number of benzene rings is 1. The van der Waals surface area contributed by atoms with Gasteiger partial charge in [0.05, 0.1) is 12.1 Å². The van der Waals surface area contributed by atoms with E-state index in [9.17, 15) is 9.18 Å². The zero-order chi connectivity index (χ0) is 27.1. The maximum atomic E-state index is 14.9. The Bertz CT molecular complexity index is 1480. The average Bonchev–Trinajstić information content (AvgIpc) is 3.45. The molecule has 9 nitrogen and oxygen atoms in total. The van der Waals surface area contributed by atoms with Gasteiger partial charge < -0.3 is 24.5 Å². The highest BCUT2D eigenvalue weighted by Gasteiger charge is 2.33. The number of hydrogen-bond acceptors (Lipinski definition) is 7. The summed E-state index contributed by atoms with van der Waals surface area (Å²) in [5.41, 5.74) is 3.84. The van der Waals surface area contributed by atoms with E-state index >= 15 is 0 Å². The van der Waals surface area contributed by atoms with Gasteiger partial charge in [0, 0.05) is 35.6 Å². The van der Waals surface area contributed by atoms with Crippen LogP contribution in [0.3, 0.4) is 0 Å². The SMILES string of the molecule is CC(C)(C)OC(=O)NCc1ccc(-c2ccnc3nc(-c4ccc(C5COC(C)(C)O5)cn4)[nH]c23)cc1F. The summed E-state index contributed by atoms with van der Waals surface area (Å²) in [4.78, 5) is 28.7. The van der Waals surface area contributed by atoms with E-state index in [1.807, 2.05) is 26.0 Å². The van der Waals surface area contributed by atoms with Gasteiger partial charge in [0.1, 0.15) is 23.2 Å². The van der Waals surface area contributed by atoms with Crippen molar-refractivity contribution in [2.45, 2.75) is 58.7 Å². The molecule has 3 aromatic heterocycles. The minimum Gasteiger partial charge on any atom is -0.444 e. The molecule has 38 heavy (non-hydrogen) atoms. The van der Waals surface area contributed by atoms with Gasteiger partial charge in [0.2, 0.25) is 0 Å². The van der Waals surface area contributed by atoms with Crippen LogP contribution >= 0.6 is 0 Å². The summed E-state index contributed by atoms with van der Waals surface area (Å²) in [6.45, 7) is 9.55. The number of nitrogens with zero attached hydrogens (tertiary/aromatic N) is 3. The third kappa shape index (κ3) is 5.66. The molecule has 1 aromatic carbocycles. The number of carbonyl (C=O) groups excluding carboxylic acids is 1.